The lowest BCUT2D eigenvalue weighted by Crippen LogP contribution is -2.29. The molecule has 0 bridgehead atoms. The summed E-state index contributed by atoms with van der Waals surface area (Å²) in [5.41, 5.74) is 2.40. The largest absolute Gasteiger partial charge is 0.507 e. The third kappa shape index (κ3) is 4.32. The Morgan fingerprint density at radius 2 is 1.91 bits per heavy atom. The van der Waals surface area contributed by atoms with Crippen molar-refractivity contribution in [3.63, 3.8) is 0 Å². The quantitative estimate of drug-likeness (QED) is 0.302. The lowest BCUT2D eigenvalue weighted by molar-refractivity contribution is -0.140. The number of amides is 1. The number of rotatable bonds is 5. The first-order valence-corrected chi connectivity index (χ1v) is 10.8. The normalized spacial score (nSPS) is 17.5. The van der Waals surface area contributed by atoms with E-state index in [0.717, 1.165) is 5.56 Å². The molecule has 0 saturated carbocycles. The van der Waals surface area contributed by atoms with Crippen LogP contribution in [0.4, 0.5) is 0 Å². The Labute approximate surface area is 201 Å². The van der Waals surface area contributed by atoms with Crippen molar-refractivity contribution in [2.45, 2.75) is 19.5 Å². The Kier molecular flexibility index (Phi) is 6.40. The highest BCUT2D eigenvalue weighted by Crippen LogP contribution is 2.42. The van der Waals surface area contributed by atoms with Crippen molar-refractivity contribution in [3.05, 3.63) is 98.8 Å². The molecule has 1 aromatic heterocycles. The molecule has 0 spiro atoms. The van der Waals surface area contributed by atoms with E-state index in [1.165, 1.54) is 4.90 Å². The average molecular weight is 483 g/mol. The van der Waals surface area contributed by atoms with Crippen LogP contribution in [0.15, 0.2) is 66.5 Å². The summed E-state index contributed by atoms with van der Waals surface area (Å²) in [6.07, 6.45) is 3.25. The van der Waals surface area contributed by atoms with E-state index in [2.05, 4.69) is 4.98 Å². The minimum absolute atomic E-state index is 0.0180. The van der Waals surface area contributed by atoms with E-state index in [1.54, 1.807) is 68.9 Å². The van der Waals surface area contributed by atoms with Gasteiger partial charge in [-0.1, -0.05) is 35.3 Å². The van der Waals surface area contributed by atoms with E-state index in [1.807, 2.05) is 6.07 Å². The first-order valence-electron chi connectivity index (χ1n) is 10.1. The van der Waals surface area contributed by atoms with Crippen LogP contribution in [0, 0.1) is 6.92 Å². The van der Waals surface area contributed by atoms with Gasteiger partial charge in [-0.2, -0.15) is 0 Å². The number of aryl methyl sites for hydroxylation is 1. The maximum atomic E-state index is 13.2. The fourth-order valence-electron chi connectivity index (χ4n) is 3.93. The second kappa shape index (κ2) is 9.25. The Hall–Kier alpha value is -3.35. The molecule has 2 heterocycles. The molecule has 1 saturated heterocycles. The van der Waals surface area contributed by atoms with Gasteiger partial charge in [0.1, 0.15) is 11.5 Å². The monoisotopic (exact) mass is 482 g/mol. The number of hydrogen-bond acceptors (Lipinski definition) is 5. The van der Waals surface area contributed by atoms with E-state index in [0.29, 0.717) is 27.5 Å². The Morgan fingerprint density at radius 3 is 2.55 bits per heavy atom. The van der Waals surface area contributed by atoms with Gasteiger partial charge in [-0.25, -0.2) is 0 Å². The van der Waals surface area contributed by atoms with Crippen molar-refractivity contribution in [2.24, 2.45) is 0 Å². The molecule has 3 aromatic rings. The third-order valence-corrected chi connectivity index (χ3v) is 6.30. The van der Waals surface area contributed by atoms with E-state index < -0.39 is 17.7 Å². The molecule has 8 heteroatoms. The SMILES string of the molecule is COc1ccc(/C(O)=C2\C(=O)C(=O)N(Cc3cccnc3)C2c2ccc(Cl)c(Cl)c2)c(C)c1. The van der Waals surface area contributed by atoms with Crippen molar-refractivity contribution in [2.75, 3.05) is 7.11 Å². The highest BCUT2D eigenvalue weighted by atomic mass is 35.5. The number of ether oxygens (including phenoxy) is 1. The second-order valence-corrected chi connectivity index (χ2v) is 8.46. The molecule has 1 aliphatic rings. The van der Waals surface area contributed by atoms with Gasteiger partial charge in [0.05, 0.1) is 28.8 Å². The fraction of sp³-hybridized carbons (Fsp3) is 0.160. The lowest BCUT2D eigenvalue weighted by Gasteiger charge is -2.25. The summed E-state index contributed by atoms with van der Waals surface area (Å²) in [5, 5.41) is 11.9. The van der Waals surface area contributed by atoms with Crippen LogP contribution in [0.5, 0.6) is 5.75 Å². The van der Waals surface area contributed by atoms with Crippen molar-refractivity contribution in [1.82, 2.24) is 9.88 Å². The standard InChI is InChI=1S/C25H20Cl2N2O4/c1-14-10-17(33-2)6-7-18(14)23(30)21-22(16-5-8-19(26)20(27)11-16)29(25(32)24(21)31)13-15-4-3-9-28-12-15/h3-12,22,30H,13H2,1-2H3/b23-21+. The fourth-order valence-corrected chi connectivity index (χ4v) is 4.24. The maximum absolute atomic E-state index is 13.2. The van der Waals surface area contributed by atoms with Gasteiger partial charge in [0.2, 0.25) is 0 Å². The summed E-state index contributed by atoms with van der Waals surface area (Å²) < 4.78 is 5.23. The number of pyridine rings is 1. The summed E-state index contributed by atoms with van der Waals surface area (Å²) in [5.74, 6) is -1.15. The Bertz CT molecular complexity index is 1270. The van der Waals surface area contributed by atoms with Crippen LogP contribution >= 0.6 is 23.2 Å². The van der Waals surface area contributed by atoms with Crippen LogP contribution in [-0.2, 0) is 16.1 Å². The highest BCUT2D eigenvalue weighted by molar-refractivity contribution is 6.46. The smallest absolute Gasteiger partial charge is 0.295 e. The molecule has 0 aliphatic carbocycles. The Balaban J connectivity index is 1.90. The van der Waals surface area contributed by atoms with Gasteiger partial charge < -0.3 is 14.7 Å². The highest BCUT2D eigenvalue weighted by Gasteiger charge is 2.46. The van der Waals surface area contributed by atoms with Gasteiger partial charge >= 0.3 is 0 Å². The molecular formula is C25H20Cl2N2O4. The molecule has 1 unspecified atom stereocenters. The molecule has 4 rings (SSSR count). The number of halogens is 2. The number of methoxy groups -OCH3 is 1. The van der Waals surface area contributed by atoms with E-state index in [9.17, 15) is 14.7 Å². The number of aromatic nitrogens is 1. The summed E-state index contributed by atoms with van der Waals surface area (Å²) in [6.45, 7) is 1.92. The molecule has 1 atom stereocenters. The van der Waals surface area contributed by atoms with E-state index >= 15 is 0 Å². The summed E-state index contributed by atoms with van der Waals surface area (Å²) in [7, 11) is 1.54. The zero-order chi connectivity index (χ0) is 23.7. The van der Waals surface area contributed by atoms with Crippen LogP contribution in [0.3, 0.4) is 0 Å². The van der Waals surface area contributed by atoms with Crippen LogP contribution in [0.1, 0.15) is 28.3 Å². The third-order valence-electron chi connectivity index (χ3n) is 5.56. The van der Waals surface area contributed by atoms with Gasteiger partial charge in [-0.3, -0.25) is 14.6 Å². The predicted octanol–water partition coefficient (Wildman–Crippen LogP) is 5.33. The number of ketones is 1. The van der Waals surface area contributed by atoms with Crippen molar-refractivity contribution in [3.8, 4) is 5.75 Å². The Morgan fingerprint density at radius 1 is 1.12 bits per heavy atom. The van der Waals surface area contributed by atoms with Crippen molar-refractivity contribution >= 4 is 40.7 Å². The average Bonchev–Trinajstić information content (AvgIpc) is 3.06. The molecule has 0 radical (unpaired) electrons. The first-order chi connectivity index (χ1) is 15.8. The second-order valence-electron chi connectivity index (χ2n) is 7.64. The molecule has 168 valence electrons. The number of nitrogens with zero attached hydrogens (tertiary/aromatic N) is 2. The molecule has 1 amide bonds. The lowest BCUT2D eigenvalue weighted by atomic mass is 9.93. The van der Waals surface area contributed by atoms with Crippen molar-refractivity contribution in [1.29, 1.82) is 0 Å². The van der Waals surface area contributed by atoms with Crippen molar-refractivity contribution < 1.29 is 19.4 Å². The molecule has 6 nitrogen and oxygen atoms in total. The number of Topliss-reactive ketones (excluding diaryl/α,β-unsaturated/α-hetero) is 1. The zero-order valence-electron chi connectivity index (χ0n) is 17.9. The van der Waals surface area contributed by atoms with Crippen LogP contribution < -0.4 is 4.74 Å². The topological polar surface area (TPSA) is 79.7 Å². The number of aliphatic hydroxyl groups is 1. The molecular weight excluding hydrogens is 463 g/mol. The number of aliphatic hydroxyl groups excluding tert-OH is 1. The van der Waals surface area contributed by atoms with E-state index in [-0.39, 0.29) is 22.9 Å². The summed E-state index contributed by atoms with van der Waals surface area (Å²) >= 11 is 12.3. The molecule has 2 aromatic carbocycles. The first kappa shape index (κ1) is 22.8. The predicted molar refractivity (Wildman–Crippen MR) is 126 cm³/mol. The van der Waals surface area contributed by atoms with Gasteiger partial charge in [-0.15, -0.1) is 0 Å². The van der Waals surface area contributed by atoms with Gasteiger partial charge in [0.25, 0.3) is 11.7 Å². The van der Waals surface area contributed by atoms with Crippen LogP contribution in [0.25, 0.3) is 5.76 Å². The maximum Gasteiger partial charge on any atom is 0.295 e. The zero-order valence-corrected chi connectivity index (χ0v) is 19.4. The van der Waals surface area contributed by atoms with Crippen LogP contribution in [0.2, 0.25) is 10.0 Å². The van der Waals surface area contributed by atoms with Gasteiger partial charge in [0, 0.05) is 24.5 Å². The minimum Gasteiger partial charge on any atom is -0.507 e. The number of hydrogen-bond donors (Lipinski definition) is 1. The summed E-state index contributed by atoms with van der Waals surface area (Å²) in [6, 6.07) is 12.7. The minimum atomic E-state index is -0.860. The number of carbonyl (C=O) groups is 2. The number of carbonyl (C=O) groups excluding carboxylic acids is 2. The number of likely N-dealkylation sites (tertiary alicyclic amines) is 1. The summed E-state index contributed by atoms with van der Waals surface area (Å²) in [4.78, 5) is 31.8. The molecule has 1 aliphatic heterocycles. The molecule has 33 heavy (non-hydrogen) atoms. The van der Waals surface area contributed by atoms with Gasteiger partial charge in [-0.05, 0) is 60.0 Å². The van der Waals surface area contributed by atoms with Crippen LogP contribution in [-0.4, -0.2) is 33.8 Å². The van der Waals surface area contributed by atoms with Gasteiger partial charge in [0.15, 0.2) is 0 Å². The molecule has 1 fully saturated rings. The van der Waals surface area contributed by atoms with E-state index in [4.69, 9.17) is 27.9 Å². The number of benzene rings is 2. The molecule has 1 N–H and O–H groups in total.